The van der Waals surface area contributed by atoms with Crippen molar-refractivity contribution in [3.05, 3.63) is 35.6 Å². The van der Waals surface area contributed by atoms with Crippen molar-refractivity contribution in [1.82, 2.24) is 0 Å². The van der Waals surface area contributed by atoms with Crippen molar-refractivity contribution < 1.29 is 9.52 Å². The van der Waals surface area contributed by atoms with E-state index in [0.717, 1.165) is 28.7 Å². The molecule has 1 N–H and O–H groups in total. The molecule has 2 unspecified atom stereocenters. The van der Waals surface area contributed by atoms with E-state index in [0.29, 0.717) is 11.0 Å². The van der Waals surface area contributed by atoms with Crippen molar-refractivity contribution in [2.45, 2.75) is 31.1 Å². The van der Waals surface area contributed by atoms with Crippen molar-refractivity contribution in [3.8, 4) is 0 Å². The molecule has 1 aliphatic rings. The SMILES string of the molecule is Cc1cccc2cc(C(O)C3CCCS3)oc12. The molecule has 90 valence electrons. The number of aliphatic hydroxyl groups excluding tert-OH is 1. The summed E-state index contributed by atoms with van der Waals surface area (Å²) in [6, 6.07) is 8.07. The monoisotopic (exact) mass is 248 g/mol. The fraction of sp³-hybridized carbons (Fsp3) is 0.429. The van der Waals surface area contributed by atoms with Crippen LogP contribution >= 0.6 is 11.8 Å². The van der Waals surface area contributed by atoms with Gasteiger partial charge in [0.15, 0.2) is 0 Å². The van der Waals surface area contributed by atoms with Crippen LogP contribution in [0.3, 0.4) is 0 Å². The Kier molecular flexibility index (Phi) is 2.89. The predicted octanol–water partition coefficient (Wildman–Crippen LogP) is 3.67. The van der Waals surface area contributed by atoms with E-state index in [1.54, 1.807) is 0 Å². The Balaban J connectivity index is 1.97. The molecule has 2 atom stereocenters. The Labute approximate surface area is 105 Å². The molecule has 0 radical (unpaired) electrons. The second-order valence-corrected chi connectivity index (χ2v) is 5.99. The zero-order valence-corrected chi connectivity index (χ0v) is 10.7. The van der Waals surface area contributed by atoms with E-state index in [9.17, 15) is 5.11 Å². The van der Waals surface area contributed by atoms with Crippen LogP contribution in [0.5, 0.6) is 0 Å². The van der Waals surface area contributed by atoms with Crippen LogP contribution in [0, 0.1) is 6.92 Å². The van der Waals surface area contributed by atoms with E-state index in [4.69, 9.17) is 4.42 Å². The summed E-state index contributed by atoms with van der Waals surface area (Å²) in [5.41, 5.74) is 2.03. The number of para-hydroxylation sites is 1. The van der Waals surface area contributed by atoms with E-state index in [1.165, 1.54) is 6.42 Å². The van der Waals surface area contributed by atoms with Gasteiger partial charge in [-0.2, -0.15) is 11.8 Å². The minimum atomic E-state index is -0.464. The quantitative estimate of drug-likeness (QED) is 0.880. The molecule has 0 bridgehead atoms. The van der Waals surface area contributed by atoms with E-state index >= 15 is 0 Å². The standard InChI is InChI=1S/C14H16O2S/c1-9-4-2-5-10-8-11(16-14(9)10)13(15)12-6-3-7-17-12/h2,4-5,8,12-13,15H,3,6-7H2,1H3. The van der Waals surface area contributed by atoms with Crippen LogP contribution in [-0.4, -0.2) is 16.1 Å². The number of hydrogen-bond donors (Lipinski definition) is 1. The van der Waals surface area contributed by atoms with Crippen molar-refractivity contribution >= 4 is 22.7 Å². The lowest BCUT2D eigenvalue weighted by atomic mass is 10.1. The van der Waals surface area contributed by atoms with Crippen LogP contribution in [0.4, 0.5) is 0 Å². The van der Waals surface area contributed by atoms with E-state index < -0.39 is 6.10 Å². The summed E-state index contributed by atoms with van der Waals surface area (Å²) in [5, 5.41) is 11.7. The van der Waals surface area contributed by atoms with Gasteiger partial charge in [0.05, 0.1) is 0 Å². The van der Waals surface area contributed by atoms with E-state index in [2.05, 4.69) is 0 Å². The number of fused-ring (bicyclic) bond motifs is 1. The van der Waals surface area contributed by atoms with Gasteiger partial charge in [0.25, 0.3) is 0 Å². The first kappa shape index (κ1) is 11.2. The lowest BCUT2D eigenvalue weighted by Crippen LogP contribution is -2.10. The van der Waals surface area contributed by atoms with Crippen LogP contribution in [0.1, 0.15) is 30.3 Å². The van der Waals surface area contributed by atoms with Crippen LogP contribution in [0.15, 0.2) is 28.7 Å². The molecular weight excluding hydrogens is 232 g/mol. The molecule has 1 fully saturated rings. The average Bonchev–Trinajstić information content (AvgIpc) is 2.98. The largest absolute Gasteiger partial charge is 0.458 e. The fourth-order valence-corrected chi connectivity index (χ4v) is 3.70. The average molecular weight is 248 g/mol. The van der Waals surface area contributed by atoms with Gasteiger partial charge in [0.1, 0.15) is 17.4 Å². The van der Waals surface area contributed by atoms with Gasteiger partial charge in [-0.25, -0.2) is 0 Å². The molecule has 0 aliphatic carbocycles. The van der Waals surface area contributed by atoms with Crippen LogP contribution in [-0.2, 0) is 0 Å². The van der Waals surface area contributed by atoms with Crippen molar-refractivity contribution in [1.29, 1.82) is 0 Å². The summed E-state index contributed by atoms with van der Waals surface area (Å²) in [5.74, 6) is 1.87. The third-order valence-electron chi connectivity index (χ3n) is 3.37. The van der Waals surface area contributed by atoms with Gasteiger partial charge in [-0.1, -0.05) is 18.2 Å². The number of rotatable bonds is 2. The third-order valence-corrected chi connectivity index (χ3v) is 4.81. The summed E-state index contributed by atoms with van der Waals surface area (Å²) in [6.07, 6.45) is 1.82. The van der Waals surface area contributed by atoms with Gasteiger partial charge in [0, 0.05) is 10.6 Å². The van der Waals surface area contributed by atoms with Crippen molar-refractivity contribution in [3.63, 3.8) is 0 Å². The van der Waals surface area contributed by atoms with Crippen molar-refractivity contribution in [2.24, 2.45) is 0 Å². The summed E-state index contributed by atoms with van der Waals surface area (Å²) in [7, 11) is 0. The van der Waals surface area contributed by atoms with Gasteiger partial charge in [-0.3, -0.25) is 0 Å². The molecule has 1 aromatic heterocycles. The molecule has 2 nitrogen and oxygen atoms in total. The highest BCUT2D eigenvalue weighted by atomic mass is 32.2. The third kappa shape index (κ3) is 1.98. The van der Waals surface area contributed by atoms with Crippen LogP contribution in [0.2, 0.25) is 0 Å². The predicted molar refractivity (Wildman–Crippen MR) is 71.4 cm³/mol. The maximum absolute atomic E-state index is 10.3. The van der Waals surface area contributed by atoms with Gasteiger partial charge in [-0.05, 0) is 37.1 Å². The summed E-state index contributed by atoms with van der Waals surface area (Å²) in [6.45, 7) is 2.03. The zero-order chi connectivity index (χ0) is 11.8. The lowest BCUT2D eigenvalue weighted by molar-refractivity contribution is 0.148. The van der Waals surface area contributed by atoms with Crippen molar-refractivity contribution in [2.75, 3.05) is 5.75 Å². The molecule has 0 amide bonds. The molecule has 1 saturated heterocycles. The number of benzene rings is 1. The number of thioether (sulfide) groups is 1. The normalized spacial score (nSPS) is 22.1. The number of hydrogen-bond acceptors (Lipinski definition) is 3. The lowest BCUT2D eigenvalue weighted by Gasteiger charge is -2.13. The fourth-order valence-electron chi connectivity index (χ4n) is 2.41. The molecule has 0 saturated carbocycles. The maximum Gasteiger partial charge on any atom is 0.137 e. The first-order valence-electron chi connectivity index (χ1n) is 6.04. The van der Waals surface area contributed by atoms with Gasteiger partial charge in [-0.15, -0.1) is 0 Å². The Morgan fingerprint density at radius 2 is 2.35 bits per heavy atom. The smallest absolute Gasteiger partial charge is 0.137 e. The minimum Gasteiger partial charge on any atom is -0.458 e. The summed E-state index contributed by atoms with van der Waals surface area (Å²) in [4.78, 5) is 0. The van der Waals surface area contributed by atoms with Gasteiger partial charge in [0.2, 0.25) is 0 Å². The molecule has 0 spiro atoms. The molecule has 3 rings (SSSR count). The Morgan fingerprint density at radius 3 is 3.06 bits per heavy atom. The van der Waals surface area contributed by atoms with Gasteiger partial charge >= 0.3 is 0 Å². The number of aliphatic hydroxyl groups is 1. The summed E-state index contributed by atoms with van der Waals surface area (Å²) < 4.78 is 5.81. The highest BCUT2D eigenvalue weighted by molar-refractivity contribution is 8.00. The topological polar surface area (TPSA) is 33.4 Å². The molecule has 2 heterocycles. The molecular formula is C14H16O2S. The Hall–Kier alpha value is -0.930. The molecule has 3 heteroatoms. The zero-order valence-electron chi connectivity index (χ0n) is 9.85. The van der Waals surface area contributed by atoms with E-state index in [-0.39, 0.29) is 0 Å². The first-order chi connectivity index (χ1) is 8.25. The van der Waals surface area contributed by atoms with E-state index in [1.807, 2.05) is 43.0 Å². The van der Waals surface area contributed by atoms with Crippen LogP contribution < -0.4 is 0 Å². The minimum absolute atomic E-state index is 0.302. The Bertz CT molecular complexity index is 526. The van der Waals surface area contributed by atoms with Gasteiger partial charge < -0.3 is 9.52 Å². The number of furan rings is 1. The molecule has 1 aliphatic heterocycles. The summed E-state index contributed by atoms with van der Waals surface area (Å²) >= 11 is 1.85. The highest BCUT2D eigenvalue weighted by Crippen LogP contribution is 2.37. The second-order valence-electron chi connectivity index (χ2n) is 4.64. The molecule has 1 aromatic carbocycles. The number of aryl methyl sites for hydroxylation is 1. The first-order valence-corrected chi connectivity index (χ1v) is 7.09. The van der Waals surface area contributed by atoms with Crippen LogP contribution in [0.25, 0.3) is 11.0 Å². The molecule has 17 heavy (non-hydrogen) atoms. The second kappa shape index (κ2) is 4.39. The highest BCUT2D eigenvalue weighted by Gasteiger charge is 2.27. The Morgan fingerprint density at radius 1 is 1.47 bits per heavy atom. The molecule has 2 aromatic rings. The maximum atomic E-state index is 10.3.